The van der Waals surface area contributed by atoms with E-state index in [0.29, 0.717) is 19.3 Å². The Morgan fingerprint density at radius 2 is 0.519 bits per heavy atom. The van der Waals surface area contributed by atoms with Gasteiger partial charge in [-0.05, 0) is 19.3 Å². The number of ether oxygens (including phenoxy) is 3. The molecule has 0 saturated heterocycles. The molecule has 0 aliphatic carbocycles. The van der Waals surface area contributed by atoms with Gasteiger partial charge in [0.25, 0.3) is 0 Å². The molecule has 1 atom stereocenters. The van der Waals surface area contributed by atoms with Crippen molar-refractivity contribution in [3.8, 4) is 0 Å². The Hall–Kier alpha value is -1.59. The lowest BCUT2D eigenvalue weighted by Gasteiger charge is -2.18. The Balaban J connectivity index is 3.83. The molecule has 0 saturated carbocycles. The highest BCUT2D eigenvalue weighted by atomic mass is 16.6. The molecule has 6 heteroatoms. The van der Waals surface area contributed by atoms with E-state index in [4.69, 9.17) is 14.2 Å². The fraction of sp³-hybridized carbons (Fsp3) is 0.935. The topological polar surface area (TPSA) is 78.9 Å². The minimum atomic E-state index is -0.754. The van der Waals surface area contributed by atoms with E-state index >= 15 is 0 Å². The standard InChI is InChI=1S/C46H88O6/c1-4-7-10-13-14-15-16-17-18-19-20-21-22-23-24-25-26-27-28-29-30-31-34-36-39-45(48)51-42-43(52-46(49)40-37-33-12-9-6-3)41-50-44(47)38-35-32-11-8-5-2/h43H,4-42H2,1-3H3. The molecule has 0 aliphatic rings. The maximum atomic E-state index is 12.4. The molecule has 0 heterocycles. The molecule has 0 aromatic rings. The van der Waals surface area contributed by atoms with E-state index in [1.54, 1.807) is 0 Å². The van der Waals surface area contributed by atoms with Crippen LogP contribution in [-0.2, 0) is 28.6 Å². The molecule has 0 amide bonds. The van der Waals surface area contributed by atoms with Crippen LogP contribution in [0.3, 0.4) is 0 Å². The second kappa shape index (κ2) is 42.2. The first kappa shape index (κ1) is 50.4. The van der Waals surface area contributed by atoms with Crippen LogP contribution in [0.5, 0.6) is 0 Å². The average molecular weight is 737 g/mol. The second-order valence-electron chi connectivity index (χ2n) is 15.7. The monoisotopic (exact) mass is 737 g/mol. The van der Waals surface area contributed by atoms with Crippen molar-refractivity contribution in [2.45, 2.75) is 264 Å². The van der Waals surface area contributed by atoms with E-state index < -0.39 is 6.10 Å². The van der Waals surface area contributed by atoms with Crippen molar-refractivity contribution < 1.29 is 28.6 Å². The van der Waals surface area contributed by atoms with Crippen LogP contribution >= 0.6 is 0 Å². The van der Waals surface area contributed by atoms with Crippen LogP contribution in [0.2, 0.25) is 0 Å². The molecule has 0 aliphatic heterocycles. The van der Waals surface area contributed by atoms with E-state index in [0.717, 1.165) is 70.6 Å². The maximum absolute atomic E-state index is 12.4. The zero-order valence-electron chi connectivity index (χ0n) is 35.1. The third-order valence-corrected chi connectivity index (χ3v) is 10.4. The van der Waals surface area contributed by atoms with Crippen molar-refractivity contribution in [2.75, 3.05) is 13.2 Å². The van der Waals surface area contributed by atoms with Gasteiger partial charge in [-0.3, -0.25) is 14.4 Å². The van der Waals surface area contributed by atoms with Gasteiger partial charge in [-0.2, -0.15) is 0 Å². The summed E-state index contributed by atoms with van der Waals surface area (Å²) in [5.74, 6) is -0.886. The van der Waals surface area contributed by atoms with E-state index in [-0.39, 0.29) is 31.1 Å². The molecule has 0 fully saturated rings. The summed E-state index contributed by atoms with van der Waals surface area (Å²) in [7, 11) is 0. The highest BCUT2D eigenvalue weighted by molar-refractivity contribution is 5.71. The number of esters is 3. The van der Waals surface area contributed by atoms with Gasteiger partial charge in [0.15, 0.2) is 6.10 Å². The first-order chi connectivity index (χ1) is 25.5. The minimum absolute atomic E-state index is 0.0659. The van der Waals surface area contributed by atoms with Crippen molar-refractivity contribution in [1.82, 2.24) is 0 Å². The van der Waals surface area contributed by atoms with Crippen LogP contribution in [0, 0.1) is 0 Å². The Morgan fingerprint density at radius 1 is 0.308 bits per heavy atom. The number of carbonyl (C=O) groups excluding carboxylic acids is 3. The first-order valence-corrected chi connectivity index (χ1v) is 23.0. The van der Waals surface area contributed by atoms with Crippen molar-refractivity contribution in [2.24, 2.45) is 0 Å². The zero-order chi connectivity index (χ0) is 38.0. The molecule has 0 bridgehead atoms. The third kappa shape index (κ3) is 39.6. The van der Waals surface area contributed by atoms with Gasteiger partial charge in [0, 0.05) is 19.3 Å². The maximum Gasteiger partial charge on any atom is 0.306 e. The lowest BCUT2D eigenvalue weighted by atomic mass is 10.0. The number of hydrogen-bond acceptors (Lipinski definition) is 6. The number of rotatable bonds is 42. The van der Waals surface area contributed by atoms with E-state index in [2.05, 4.69) is 20.8 Å². The van der Waals surface area contributed by atoms with E-state index in [1.807, 2.05) is 0 Å². The van der Waals surface area contributed by atoms with E-state index in [9.17, 15) is 14.4 Å². The van der Waals surface area contributed by atoms with Crippen LogP contribution in [0.25, 0.3) is 0 Å². The summed E-state index contributed by atoms with van der Waals surface area (Å²) in [6.45, 7) is 6.49. The molecule has 52 heavy (non-hydrogen) atoms. The van der Waals surface area contributed by atoms with Crippen molar-refractivity contribution in [3.63, 3.8) is 0 Å². The molecular weight excluding hydrogens is 649 g/mol. The zero-order valence-corrected chi connectivity index (χ0v) is 35.1. The Kier molecular flexibility index (Phi) is 40.9. The number of carbonyl (C=O) groups is 3. The van der Waals surface area contributed by atoms with Gasteiger partial charge in [-0.1, -0.05) is 220 Å². The molecule has 0 spiro atoms. The van der Waals surface area contributed by atoms with Gasteiger partial charge in [0.2, 0.25) is 0 Å². The fourth-order valence-corrected chi connectivity index (χ4v) is 6.85. The fourth-order valence-electron chi connectivity index (χ4n) is 6.85. The summed E-state index contributed by atoms with van der Waals surface area (Å²) in [5, 5.41) is 0. The van der Waals surface area contributed by atoms with E-state index in [1.165, 1.54) is 148 Å². The summed E-state index contributed by atoms with van der Waals surface area (Å²) < 4.78 is 16.5. The van der Waals surface area contributed by atoms with Crippen LogP contribution in [0.1, 0.15) is 258 Å². The highest BCUT2D eigenvalue weighted by Crippen LogP contribution is 2.16. The van der Waals surface area contributed by atoms with Gasteiger partial charge >= 0.3 is 17.9 Å². The summed E-state index contributed by atoms with van der Waals surface area (Å²) in [6, 6.07) is 0. The Labute approximate surface area is 323 Å². The van der Waals surface area contributed by atoms with Gasteiger partial charge < -0.3 is 14.2 Å². The van der Waals surface area contributed by atoms with Gasteiger partial charge in [0.05, 0.1) is 0 Å². The van der Waals surface area contributed by atoms with Crippen LogP contribution in [0.15, 0.2) is 0 Å². The molecule has 0 aromatic heterocycles. The molecule has 6 nitrogen and oxygen atoms in total. The van der Waals surface area contributed by atoms with Crippen LogP contribution in [0.4, 0.5) is 0 Å². The molecule has 0 N–H and O–H groups in total. The molecule has 0 aromatic carbocycles. The smallest absolute Gasteiger partial charge is 0.306 e. The quantitative estimate of drug-likeness (QED) is 0.0353. The summed E-state index contributed by atoms with van der Waals surface area (Å²) >= 11 is 0. The Morgan fingerprint density at radius 3 is 0.769 bits per heavy atom. The second-order valence-corrected chi connectivity index (χ2v) is 15.7. The summed E-state index contributed by atoms with van der Waals surface area (Å²) in [5.41, 5.74) is 0. The van der Waals surface area contributed by atoms with Crippen LogP contribution in [-0.4, -0.2) is 37.2 Å². The number of hydrogen-bond donors (Lipinski definition) is 0. The number of unbranched alkanes of at least 4 members (excludes halogenated alkanes) is 31. The van der Waals surface area contributed by atoms with Crippen molar-refractivity contribution in [1.29, 1.82) is 0 Å². The molecule has 0 radical (unpaired) electrons. The normalized spacial score (nSPS) is 11.8. The molecule has 308 valence electrons. The predicted octanol–water partition coefficient (Wildman–Crippen LogP) is 14.5. The summed E-state index contributed by atoms with van der Waals surface area (Å²) in [6.07, 6.45) is 43.2. The third-order valence-electron chi connectivity index (χ3n) is 10.4. The Bertz CT molecular complexity index is 768. The highest BCUT2D eigenvalue weighted by Gasteiger charge is 2.19. The van der Waals surface area contributed by atoms with Crippen LogP contribution < -0.4 is 0 Å². The SMILES string of the molecule is CCCCCCCCCCCCCCCCCCCCCCCCCCC(=O)OCC(COC(=O)CCCCCCC)OC(=O)CCCCCCC. The minimum Gasteiger partial charge on any atom is -0.462 e. The van der Waals surface area contributed by atoms with Gasteiger partial charge in [0.1, 0.15) is 13.2 Å². The predicted molar refractivity (Wildman–Crippen MR) is 220 cm³/mol. The largest absolute Gasteiger partial charge is 0.462 e. The van der Waals surface area contributed by atoms with Gasteiger partial charge in [-0.25, -0.2) is 0 Å². The first-order valence-electron chi connectivity index (χ1n) is 23.0. The molecule has 0 rings (SSSR count). The average Bonchev–Trinajstić information content (AvgIpc) is 3.14. The van der Waals surface area contributed by atoms with Gasteiger partial charge in [-0.15, -0.1) is 0 Å². The van der Waals surface area contributed by atoms with Crippen molar-refractivity contribution >= 4 is 17.9 Å². The molecule has 1 unspecified atom stereocenters. The van der Waals surface area contributed by atoms with Crippen molar-refractivity contribution in [3.05, 3.63) is 0 Å². The lowest BCUT2D eigenvalue weighted by molar-refractivity contribution is -0.167. The lowest BCUT2D eigenvalue weighted by Crippen LogP contribution is -2.30. The molecular formula is C46H88O6. The summed E-state index contributed by atoms with van der Waals surface area (Å²) in [4.78, 5) is 37.1.